The number of pyridine rings is 1. The third-order valence-corrected chi connectivity index (χ3v) is 3.47. The van der Waals surface area contributed by atoms with Crippen LogP contribution in [0.25, 0.3) is 5.52 Å². The fourth-order valence-corrected chi connectivity index (χ4v) is 2.38. The van der Waals surface area contributed by atoms with Crippen LogP contribution in [-0.4, -0.2) is 20.5 Å². The standard InChI is InChI=1S/C15H12ClN3O3/c16-9-4-1-2-6-11(9)22-8-13-18-14(15(20)21)10-5-3-7-12(17)19(10)13/h1-7H,8,17H2,(H,20,21). The van der Waals surface area contributed by atoms with Gasteiger partial charge in [0.25, 0.3) is 0 Å². The molecule has 0 bridgehead atoms. The van der Waals surface area contributed by atoms with Crippen LogP contribution >= 0.6 is 11.6 Å². The van der Waals surface area contributed by atoms with Crippen molar-refractivity contribution in [3.63, 3.8) is 0 Å². The van der Waals surface area contributed by atoms with Gasteiger partial charge >= 0.3 is 5.97 Å². The minimum Gasteiger partial charge on any atom is -0.484 e. The largest absolute Gasteiger partial charge is 0.484 e. The Bertz CT molecular complexity index is 860. The molecule has 0 radical (unpaired) electrons. The van der Waals surface area contributed by atoms with E-state index < -0.39 is 5.97 Å². The molecule has 0 aliphatic carbocycles. The van der Waals surface area contributed by atoms with Crippen LogP contribution in [-0.2, 0) is 6.61 Å². The molecule has 0 saturated heterocycles. The van der Waals surface area contributed by atoms with Gasteiger partial charge in [0.15, 0.2) is 11.5 Å². The summed E-state index contributed by atoms with van der Waals surface area (Å²) in [7, 11) is 0. The number of aromatic carboxylic acids is 1. The first kappa shape index (κ1) is 14.2. The number of aromatic nitrogens is 2. The number of anilines is 1. The minimum atomic E-state index is -1.12. The molecule has 2 heterocycles. The molecule has 1 aromatic carbocycles. The highest BCUT2D eigenvalue weighted by Crippen LogP contribution is 2.25. The van der Waals surface area contributed by atoms with Gasteiger partial charge in [-0.05, 0) is 24.3 Å². The zero-order valence-corrected chi connectivity index (χ0v) is 12.1. The molecule has 3 N–H and O–H groups in total. The Morgan fingerprint density at radius 1 is 1.27 bits per heavy atom. The fourth-order valence-electron chi connectivity index (χ4n) is 2.19. The van der Waals surface area contributed by atoms with E-state index in [2.05, 4.69) is 4.98 Å². The predicted octanol–water partition coefficient (Wildman–Crippen LogP) is 2.85. The van der Waals surface area contributed by atoms with Gasteiger partial charge in [0.1, 0.15) is 18.2 Å². The summed E-state index contributed by atoms with van der Waals surface area (Å²) in [5.74, 6) is 0.153. The van der Waals surface area contributed by atoms with E-state index in [1.807, 2.05) is 0 Å². The average Bonchev–Trinajstić information content (AvgIpc) is 2.87. The first-order valence-corrected chi connectivity index (χ1v) is 6.82. The van der Waals surface area contributed by atoms with Crippen molar-refractivity contribution >= 4 is 28.9 Å². The number of rotatable bonds is 4. The molecule has 3 rings (SSSR count). The second-order valence-corrected chi connectivity index (χ2v) is 4.98. The lowest BCUT2D eigenvalue weighted by molar-refractivity contribution is 0.0693. The number of ether oxygens (including phenoxy) is 1. The maximum absolute atomic E-state index is 11.3. The van der Waals surface area contributed by atoms with Gasteiger partial charge in [0, 0.05) is 0 Å². The molecule has 7 heteroatoms. The Morgan fingerprint density at radius 3 is 2.77 bits per heavy atom. The molecule has 0 aliphatic rings. The van der Waals surface area contributed by atoms with E-state index in [0.29, 0.717) is 27.9 Å². The lowest BCUT2D eigenvalue weighted by Crippen LogP contribution is -2.05. The number of hydrogen-bond donors (Lipinski definition) is 2. The Kier molecular flexibility index (Phi) is 3.60. The first-order chi connectivity index (χ1) is 10.6. The van der Waals surface area contributed by atoms with Crippen molar-refractivity contribution in [3.8, 4) is 5.75 Å². The molecule has 0 atom stereocenters. The Balaban J connectivity index is 2.00. The summed E-state index contributed by atoms with van der Waals surface area (Å²) in [6, 6.07) is 12.0. The van der Waals surface area contributed by atoms with Crippen LogP contribution in [0, 0.1) is 0 Å². The van der Waals surface area contributed by atoms with Crippen molar-refractivity contribution in [2.24, 2.45) is 0 Å². The maximum Gasteiger partial charge on any atom is 0.356 e. The van der Waals surface area contributed by atoms with Gasteiger partial charge in [0.05, 0.1) is 10.5 Å². The maximum atomic E-state index is 11.3. The normalized spacial score (nSPS) is 10.8. The second-order valence-electron chi connectivity index (χ2n) is 4.57. The van der Waals surface area contributed by atoms with E-state index >= 15 is 0 Å². The Morgan fingerprint density at radius 2 is 2.05 bits per heavy atom. The van der Waals surface area contributed by atoms with Crippen molar-refractivity contribution in [3.05, 3.63) is 59.0 Å². The van der Waals surface area contributed by atoms with Crippen molar-refractivity contribution < 1.29 is 14.6 Å². The summed E-state index contributed by atoms with van der Waals surface area (Å²) in [5.41, 5.74) is 6.27. The molecule has 112 valence electrons. The van der Waals surface area contributed by atoms with Crippen LogP contribution < -0.4 is 10.5 Å². The zero-order valence-electron chi connectivity index (χ0n) is 11.4. The van der Waals surface area contributed by atoms with E-state index in [1.165, 1.54) is 0 Å². The molecule has 0 aliphatic heterocycles. The van der Waals surface area contributed by atoms with Gasteiger partial charge in [-0.1, -0.05) is 29.8 Å². The Labute approximate surface area is 130 Å². The zero-order chi connectivity index (χ0) is 15.7. The molecular formula is C15H12ClN3O3. The number of nitrogens with zero attached hydrogens (tertiary/aromatic N) is 2. The number of fused-ring (bicyclic) bond motifs is 1. The smallest absolute Gasteiger partial charge is 0.356 e. The van der Waals surface area contributed by atoms with Gasteiger partial charge in [-0.3, -0.25) is 4.40 Å². The topological polar surface area (TPSA) is 89.9 Å². The van der Waals surface area contributed by atoms with Gasteiger partial charge in [0.2, 0.25) is 0 Å². The van der Waals surface area contributed by atoms with Crippen LogP contribution in [0.3, 0.4) is 0 Å². The third-order valence-electron chi connectivity index (χ3n) is 3.16. The lowest BCUT2D eigenvalue weighted by atomic mass is 10.3. The van der Waals surface area contributed by atoms with Gasteiger partial charge in [-0.2, -0.15) is 0 Å². The third kappa shape index (κ3) is 2.44. The summed E-state index contributed by atoms with van der Waals surface area (Å²) < 4.78 is 7.17. The molecule has 22 heavy (non-hydrogen) atoms. The number of carboxylic acids is 1. The highest BCUT2D eigenvalue weighted by atomic mass is 35.5. The summed E-state index contributed by atoms with van der Waals surface area (Å²) in [5, 5.41) is 9.71. The van der Waals surface area contributed by atoms with E-state index in [-0.39, 0.29) is 12.3 Å². The number of carboxylic acid groups (broad SMARTS) is 1. The van der Waals surface area contributed by atoms with Crippen LogP contribution in [0.2, 0.25) is 5.02 Å². The molecular weight excluding hydrogens is 306 g/mol. The first-order valence-electron chi connectivity index (χ1n) is 6.44. The summed E-state index contributed by atoms with van der Waals surface area (Å²) in [6.45, 7) is 0.0480. The molecule has 0 saturated carbocycles. The lowest BCUT2D eigenvalue weighted by Gasteiger charge is -2.08. The molecule has 6 nitrogen and oxygen atoms in total. The number of carbonyl (C=O) groups is 1. The van der Waals surface area contributed by atoms with Gasteiger partial charge < -0.3 is 15.6 Å². The molecule has 0 spiro atoms. The van der Waals surface area contributed by atoms with E-state index in [1.54, 1.807) is 46.9 Å². The van der Waals surface area contributed by atoms with Gasteiger partial charge in [-0.25, -0.2) is 9.78 Å². The number of nitrogens with two attached hydrogens (primary N) is 1. The minimum absolute atomic E-state index is 0.0480. The molecule has 0 unspecified atom stereocenters. The van der Waals surface area contributed by atoms with Crippen LogP contribution in [0.5, 0.6) is 5.75 Å². The number of halogens is 1. The van der Waals surface area contributed by atoms with Crippen LogP contribution in [0.4, 0.5) is 5.82 Å². The summed E-state index contributed by atoms with van der Waals surface area (Å²) in [6.07, 6.45) is 0. The van der Waals surface area contributed by atoms with Crippen LogP contribution in [0.1, 0.15) is 16.3 Å². The monoisotopic (exact) mass is 317 g/mol. The van der Waals surface area contributed by atoms with Crippen molar-refractivity contribution in [2.75, 3.05) is 5.73 Å². The van der Waals surface area contributed by atoms with Crippen molar-refractivity contribution in [2.45, 2.75) is 6.61 Å². The molecule has 0 fully saturated rings. The average molecular weight is 318 g/mol. The van der Waals surface area contributed by atoms with E-state index in [4.69, 9.17) is 22.1 Å². The second kappa shape index (κ2) is 5.57. The summed E-state index contributed by atoms with van der Waals surface area (Å²) in [4.78, 5) is 15.4. The van der Waals surface area contributed by atoms with E-state index in [9.17, 15) is 9.90 Å². The number of para-hydroxylation sites is 1. The quantitative estimate of drug-likeness (QED) is 0.772. The Hall–Kier alpha value is -2.73. The number of nitrogen functional groups attached to an aromatic ring is 1. The highest BCUT2D eigenvalue weighted by molar-refractivity contribution is 6.32. The molecule has 0 amide bonds. The molecule has 3 aromatic rings. The molecule has 2 aromatic heterocycles. The van der Waals surface area contributed by atoms with Crippen LogP contribution in [0.15, 0.2) is 42.5 Å². The SMILES string of the molecule is Nc1cccc2c(C(=O)O)nc(COc3ccccc3Cl)n12. The number of hydrogen-bond acceptors (Lipinski definition) is 4. The number of imidazole rings is 1. The highest BCUT2D eigenvalue weighted by Gasteiger charge is 2.18. The summed E-state index contributed by atoms with van der Waals surface area (Å²) >= 11 is 6.02. The van der Waals surface area contributed by atoms with E-state index in [0.717, 1.165) is 0 Å². The van der Waals surface area contributed by atoms with Crippen molar-refractivity contribution in [1.82, 2.24) is 9.38 Å². The van der Waals surface area contributed by atoms with Crippen molar-refractivity contribution in [1.29, 1.82) is 0 Å². The fraction of sp³-hybridized carbons (Fsp3) is 0.0667. The number of benzene rings is 1. The predicted molar refractivity (Wildman–Crippen MR) is 82.3 cm³/mol. The van der Waals surface area contributed by atoms with Gasteiger partial charge in [-0.15, -0.1) is 0 Å².